The fraction of sp³-hybridized carbons (Fsp3) is 0.600. The van der Waals surface area contributed by atoms with E-state index in [1.165, 1.54) is 12.8 Å². The van der Waals surface area contributed by atoms with Crippen LogP contribution in [0.25, 0.3) is 5.73 Å². The normalized spacial score (nSPS) is 31.8. The molecule has 0 amide bonds. The minimum absolute atomic E-state index is 0.0632. The molecule has 0 radical (unpaired) electrons. The first kappa shape index (κ1) is 16.6. The first-order chi connectivity index (χ1) is 11.3. The number of nitrogens with zero attached hydrogens (tertiary/aromatic N) is 4. The summed E-state index contributed by atoms with van der Waals surface area (Å²) in [5.41, 5.74) is 7.84. The van der Waals surface area contributed by atoms with Crippen LogP contribution < -0.4 is 5.32 Å². The number of aliphatic imine (C=N–C) groups is 1. The zero-order valence-electron chi connectivity index (χ0n) is 12.7. The van der Waals surface area contributed by atoms with Crippen molar-refractivity contribution in [3.8, 4) is 0 Å². The third-order valence-electron chi connectivity index (χ3n) is 4.37. The van der Waals surface area contributed by atoms with Crippen LogP contribution >= 0.6 is 0 Å². The molecular formula is C15H20N6OTc. The standard InChI is InChI=1S/C12H15N6.C3H5.O.Tc/c13-8-2-1-7(5-8)12-17-16-10-6-15-11-9(18(10)12)3-4-14-11;1-2-3-1;;/h3-4,6-9,11,13-14H,1-2,5H2;1H,2-3H2;;/q2*-1;;+2/t7-,8+,9?,11?;;;/m1.../s1. The van der Waals surface area contributed by atoms with Crippen molar-refractivity contribution < 1.29 is 22.4 Å². The van der Waals surface area contributed by atoms with Gasteiger partial charge in [0.25, 0.3) is 0 Å². The Bertz CT molecular complexity index is 596. The van der Waals surface area contributed by atoms with E-state index < -0.39 is 0 Å². The average molecular weight is 398 g/mol. The van der Waals surface area contributed by atoms with Gasteiger partial charge in [0.15, 0.2) is 5.82 Å². The molecule has 0 saturated heterocycles. The maximum atomic E-state index is 8.22. The molecule has 2 fully saturated rings. The Labute approximate surface area is 146 Å². The van der Waals surface area contributed by atoms with Gasteiger partial charge in [-0.05, 0) is 18.7 Å². The van der Waals surface area contributed by atoms with Gasteiger partial charge in [0.1, 0.15) is 12.0 Å². The van der Waals surface area contributed by atoms with E-state index >= 15 is 0 Å². The van der Waals surface area contributed by atoms with E-state index in [1.807, 2.05) is 6.20 Å². The Morgan fingerprint density at radius 1 is 1.30 bits per heavy atom. The van der Waals surface area contributed by atoms with Crippen molar-refractivity contribution in [3.63, 3.8) is 0 Å². The molecule has 2 N–H and O–H groups in total. The molecule has 7 nitrogen and oxygen atoms in total. The second-order valence-electron chi connectivity index (χ2n) is 6.10. The summed E-state index contributed by atoms with van der Waals surface area (Å²) in [6, 6.07) is 0.257. The summed E-state index contributed by atoms with van der Waals surface area (Å²) in [5, 5.41) is 11.8. The predicted octanol–water partition coefficient (Wildman–Crippen LogP) is 2.25. The molecule has 4 aliphatic rings. The molecule has 2 unspecified atom stereocenters. The van der Waals surface area contributed by atoms with Crippen LogP contribution in [0.3, 0.4) is 0 Å². The summed E-state index contributed by atoms with van der Waals surface area (Å²) in [6.45, 7) is 0. The van der Waals surface area contributed by atoms with Crippen molar-refractivity contribution in [2.45, 2.75) is 56.3 Å². The SMILES string of the molecule is [CH-]1CC1.[NH-][C@H]1CC[C@@H](c2nnc3n2C2C=CNC2N=C3)C1.[O]=[Tc+2]. The van der Waals surface area contributed by atoms with Crippen molar-refractivity contribution in [1.29, 1.82) is 0 Å². The van der Waals surface area contributed by atoms with Crippen LogP contribution in [0.5, 0.6) is 0 Å². The van der Waals surface area contributed by atoms with E-state index in [0.29, 0.717) is 5.92 Å². The molecule has 8 heteroatoms. The van der Waals surface area contributed by atoms with E-state index in [2.05, 4.69) is 37.6 Å². The van der Waals surface area contributed by atoms with Crippen LogP contribution in [-0.4, -0.2) is 33.2 Å². The van der Waals surface area contributed by atoms with Gasteiger partial charge in [0.05, 0.1) is 12.3 Å². The Morgan fingerprint density at radius 2 is 2.09 bits per heavy atom. The second-order valence-corrected chi connectivity index (χ2v) is 6.10. The number of aromatic nitrogens is 3. The van der Waals surface area contributed by atoms with Crippen LogP contribution in [0.1, 0.15) is 55.7 Å². The third kappa shape index (κ3) is 3.65. The van der Waals surface area contributed by atoms with E-state index in [-0.39, 0.29) is 18.2 Å². The molecule has 0 aromatic carbocycles. The van der Waals surface area contributed by atoms with Crippen molar-refractivity contribution in [1.82, 2.24) is 20.1 Å². The zero-order valence-corrected chi connectivity index (χ0v) is 14.6. The van der Waals surface area contributed by atoms with Gasteiger partial charge in [-0.25, -0.2) is 12.8 Å². The minimum atomic E-state index is 0.0632. The Balaban J connectivity index is 0.000000275. The summed E-state index contributed by atoms with van der Waals surface area (Å²) in [6.07, 6.45) is 13.9. The number of hydrogen-bond donors (Lipinski definition) is 1. The molecule has 1 aromatic rings. The number of nitrogens with one attached hydrogen (secondary N) is 2. The van der Waals surface area contributed by atoms with Gasteiger partial charge >= 0.3 is 22.4 Å². The van der Waals surface area contributed by atoms with Gasteiger partial charge in [0, 0.05) is 5.92 Å². The Kier molecular flexibility index (Phi) is 5.45. The quantitative estimate of drug-likeness (QED) is 0.734. The van der Waals surface area contributed by atoms with Crippen molar-refractivity contribution in [3.05, 3.63) is 36.1 Å². The molecule has 2 saturated carbocycles. The third-order valence-corrected chi connectivity index (χ3v) is 4.37. The fourth-order valence-electron chi connectivity index (χ4n) is 3.17. The molecule has 123 valence electrons. The van der Waals surface area contributed by atoms with Gasteiger partial charge in [-0.2, -0.15) is 0 Å². The maximum absolute atomic E-state index is 8.22. The monoisotopic (exact) mass is 397 g/mol. The Morgan fingerprint density at radius 3 is 2.74 bits per heavy atom. The van der Waals surface area contributed by atoms with Crippen LogP contribution in [0.15, 0.2) is 17.3 Å². The summed E-state index contributed by atoms with van der Waals surface area (Å²) in [5.74, 6) is 2.26. The summed E-state index contributed by atoms with van der Waals surface area (Å²) < 4.78 is 10.4. The van der Waals surface area contributed by atoms with Gasteiger partial charge < -0.3 is 17.5 Å². The average Bonchev–Trinajstić information content (AvgIpc) is 3.11. The van der Waals surface area contributed by atoms with E-state index in [1.54, 1.807) is 6.21 Å². The molecule has 2 aliphatic carbocycles. The molecule has 4 atom stereocenters. The topological polar surface area (TPSA) is 96.0 Å². The number of fused-ring (bicyclic) bond motifs is 3. The molecule has 0 spiro atoms. The van der Waals surface area contributed by atoms with E-state index in [9.17, 15) is 0 Å². The number of rotatable bonds is 1. The van der Waals surface area contributed by atoms with Crippen LogP contribution in [0.4, 0.5) is 0 Å². The predicted molar refractivity (Wildman–Crippen MR) is 81.6 cm³/mol. The van der Waals surface area contributed by atoms with Gasteiger partial charge in [-0.15, -0.1) is 16.2 Å². The zero-order chi connectivity index (χ0) is 16.2. The summed E-state index contributed by atoms with van der Waals surface area (Å²) >= 11 is 0.900. The molecule has 2 aliphatic heterocycles. The van der Waals surface area contributed by atoms with Crippen LogP contribution in [0, 0.1) is 6.42 Å². The Hall–Kier alpha value is -1.24. The van der Waals surface area contributed by atoms with Gasteiger partial charge in [-0.3, -0.25) is 9.56 Å². The fourth-order valence-corrected chi connectivity index (χ4v) is 3.17. The summed E-state index contributed by atoms with van der Waals surface area (Å²) in [7, 11) is 0. The number of hydrogen-bond acceptors (Lipinski definition) is 5. The first-order valence-electron chi connectivity index (χ1n) is 7.92. The van der Waals surface area contributed by atoms with Crippen molar-refractivity contribution >= 4 is 6.21 Å². The van der Waals surface area contributed by atoms with Gasteiger partial charge in [0.2, 0.25) is 0 Å². The van der Waals surface area contributed by atoms with Gasteiger partial charge in [-0.1, -0.05) is 12.8 Å². The molecule has 5 rings (SSSR count). The molecular weight excluding hydrogens is 378 g/mol. The molecule has 0 bridgehead atoms. The van der Waals surface area contributed by atoms with Crippen LogP contribution in [-0.2, 0) is 22.4 Å². The molecule has 23 heavy (non-hydrogen) atoms. The van der Waals surface area contributed by atoms with Crippen LogP contribution in [0.2, 0.25) is 0 Å². The van der Waals surface area contributed by atoms with Crippen molar-refractivity contribution in [2.24, 2.45) is 4.99 Å². The van der Waals surface area contributed by atoms with E-state index in [0.717, 1.165) is 49.8 Å². The molecule has 3 heterocycles. The first-order valence-corrected chi connectivity index (χ1v) is 8.67. The van der Waals surface area contributed by atoms with E-state index in [4.69, 9.17) is 9.24 Å². The summed E-state index contributed by atoms with van der Waals surface area (Å²) in [4.78, 5) is 4.43. The van der Waals surface area contributed by atoms with Crippen molar-refractivity contribution in [2.75, 3.05) is 0 Å². The molecule has 1 aromatic heterocycles. The second kappa shape index (κ2) is 7.55.